The van der Waals surface area contributed by atoms with E-state index in [9.17, 15) is 22.0 Å². The predicted octanol–water partition coefficient (Wildman–Crippen LogP) is 6.12. The third kappa shape index (κ3) is 5.44. The van der Waals surface area contributed by atoms with Gasteiger partial charge in [0.25, 0.3) is 5.91 Å². The third-order valence-corrected chi connectivity index (χ3v) is 8.17. The van der Waals surface area contributed by atoms with E-state index in [-0.39, 0.29) is 34.0 Å². The highest BCUT2D eigenvalue weighted by atomic mass is 32.2. The summed E-state index contributed by atoms with van der Waals surface area (Å²) in [5.41, 5.74) is 2.63. The monoisotopic (exact) mass is 603 g/mol. The van der Waals surface area contributed by atoms with E-state index in [4.69, 9.17) is 4.42 Å². The summed E-state index contributed by atoms with van der Waals surface area (Å²) in [6.07, 6.45) is 2.73. The second-order valence-electron chi connectivity index (χ2n) is 9.64. The average Bonchev–Trinajstić information content (AvgIpc) is 3.59. The van der Waals surface area contributed by atoms with Crippen molar-refractivity contribution in [3.8, 4) is 11.3 Å². The van der Waals surface area contributed by atoms with Crippen LogP contribution in [-0.4, -0.2) is 52.2 Å². The average molecular weight is 604 g/mol. The minimum atomic E-state index is -3.79. The van der Waals surface area contributed by atoms with Crippen LogP contribution >= 0.6 is 0 Å². The highest BCUT2D eigenvalue weighted by molar-refractivity contribution is 7.92. The van der Waals surface area contributed by atoms with Gasteiger partial charge in [-0.05, 0) is 62.2 Å². The highest BCUT2D eigenvalue weighted by Gasteiger charge is 2.27. The lowest BCUT2D eigenvalue weighted by atomic mass is 10.0. The first-order chi connectivity index (χ1) is 20.5. The number of aromatic amines is 1. The number of allylic oxidation sites excluding steroid dienone is 1. The Labute approximate surface area is 246 Å². The Morgan fingerprint density at radius 1 is 1.09 bits per heavy atom. The molecular formula is C31H27F2N5O4S. The van der Waals surface area contributed by atoms with Crippen LogP contribution < -0.4 is 9.62 Å². The van der Waals surface area contributed by atoms with Crippen molar-refractivity contribution in [2.24, 2.45) is 9.98 Å². The molecule has 2 aromatic heterocycles. The summed E-state index contributed by atoms with van der Waals surface area (Å²) in [5, 5.41) is 3.31. The Morgan fingerprint density at radius 2 is 1.81 bits per heavy atom. The zero-order chi connectivity index (χ0) is 31.1. The number of carbonyl (C=O) groups is 1. The van der Waals surface area contributed by atoms with Crippen molar-refractivity contribution in [2.45, 2.75) is 6.92 Å². The molecule has 2 heterocycles. The first kappa shape index (κ1) is 29.4. The van der Waals surface area contributed by atoms with Crippen molar-refractivity contribution in [1.29, 1.82) is 0 Å². The number of benzene rings is 3. The first-order valence-electron chi connectivity index (χ1n) is 13.0. The van der Waals surface area contributed by atoms with Gasteiger partial charge in [0.05, 0.1) is 28.9 Å². The molecule has 0 aliphatic rings. The van der Waals surface area contributed by atoms with Gasteiger partial charge in [-0.1, -0.05) is 12.1 Å². The molecule has 0 fully saturated rings. The maximum Gasteiger partial charge on any atom is 0.255 e. The summed E-state index contributed by atoms with van der Waals surface area (Å²) in [6, 6.07) is 14.8. The summed E-state index contributed by atoms with van der Waals surface area (Å²) < 4.78 is 60.6. The molecule has 0 radical (unpaired) electrons. The Bertz CT molecular complexity index is 2080. The Morgan fingerprint density at radius 3 is 2.42 bits per heavy atom. The second-order valence-corrected chi connectivity index (χ2v) is 11.7. The number of amidine groups is 1. The number of sulfonamides is 1. The van der Waals surface area contributed by atoms with Crippen LogP contribution in [0.3, 0.4) is 0 Å². The second kappa shape index (κ2) is 11.3. The Balaban J connectivity index is 1.78. The third-order valence-electron chi connectivity index (χ3n) is 6.98. The fraction of sp³-hybridized carbons (Fsp3) is 0.129. The Hall–Kier alpha value is -5.10. The summed E-state index contributed by atoms with van der Waals surface area (Å²) in [7, 11) is -0.964. The molecule has 0 saturated heterocycles. The summed E-state index contributed by atoms with van der Waals surface area (Å²) in [4.78, 5) is 25.1. The van der Waals surface area contributed by atoms with Crippen LogP contribution in [0.5, 0.6) is 0 Å². The van der Waals surface area contributed by atoms with Gasteiger partial charge in [0.2, 0.25) is 10.0 Å². The van der Waals surface area contributed by atoms with E-state index in [1.165, 1.54) is 50.5 Å². The molecule has 0 aliphatic carbocycles. The number of fused-ring (bicyclic) bond motifs is 2. The smallest absolute Gasteiger partial charge is 0.255 e. The topological polar surface area (TPSA) is 120 Å². The lowest BCUT2D eigenvalue weighted by molar-refractivity contribution is 0.0964. The molecule has 0 spiro atoms. The van der Waals surface area contributed by atoms with Gasteiger partial charge in [-0.2, -0.15) is 0 Å². The molecule has 43 heavy (non-hydrogen) atoms. The van der Waals surface area contributed by atoms with Gasteiger partial charge >= 0.3 is 0 Å². The number of aliphatic imine (C=N–C) groups is 2. The molecular weight excluding hydrogens is 576 g/mol. The first-order valence-corrected chi connectivity index (χ1v) is 14.8. The lowest BCUT2D eigenvalue weighted by Gasteiger charge is -2.20. The highest BCUT2D eigenvalue weighted by Crippen LogP contribution is 2.38. The minimum Gasteiger partial charge on any atom is -0.455 e. The predicted molar refractivity (Wildman–Crippen MR) is 166 cm³/mol. The van der Waals surface area contributed by atoms with Crippen LogP contribution in [0.15, 0.2) is 81.1 Å². The van der Waals surface area contributed by atoms with Crippen molar-refractivity contribution < 1.29 is 26.4 Å². The van der Waals surface area contributed by atoms with E-state index >= 15 is 0 Å². The van der Waals surface area contributed by atoms with E-state index in [2.05, 4.69) is 27.0 Å². The fourth-order valence-corrected chi connectivity index (χ4v) is 5.25. The number of nitrogens with zero attached hydrogens (tertiary/aromatic N) is 3. The number of furan rings is 1. The maximum absolute atomic E-state index is 14.4. The normalized spacial score (nSPS) is 12.6. The lowest BCUT2D eigenvalue weighted by Crippen LogP contribution is -2.26. The van der Waals surface area contributed by atoms with E-state index in [0.717, 1.165) is 10.6 Å². The van der Waals surface area contributed by atoms with Gasteiger partial charge in [0.1, 0.15) is 23.0 Å². The largest absolute Gasteiger partial charge is 0.455 e. The van der Waals surface area contributed by atoms with E-state index in [1.807, 2.05) is 0 Å². The molecule has 0 unspecified atom stereocenters. The number of nitrogens with one attached hydrogen (secondary N) is 2. The number of aromatic nitrogens is 1. The van der Waals surface area contributed by atoms with Crippen LogP contribution in [0.25, 0.3) is 38.9 Å². The van der Waals surface area contributed by atoms with Gasteiger partial charge < -0.3 is 14.7 Å². The number of rotatable bonds is 7. The molecule has 3 aromatic carbocycles. The molecule has 0 aliphatic heterocycles. The number of anilines is 1. The van der Waals surface area contributed by atoms with Gasteiger partial charge in [0, 0.05) is 47.6 Å². The number of hydrogen-bond acceptors (Lipinski definition) is 5. The van der Waals surface area contributed by atoms with Crippen LogP contribution in [0.2, 0.25) is 0 Å². The quantitative estimate of drug-likeness (QED) is 0.172. The van der Waals surface area contributed by atoms with E-state index in [0.29, 0.717) is 33.2 Å². The van der Waals surface area contributed by atoms with Crippen LogP contribution in [0.1, 0.15) is 28.5 Å². The maximum atomic E-state index is 14.4. The molecule has 220 valence electrons. The van der Waals surface area contributed by atoms with E-state index in [1.54, 1.807) is 37.3 Å². The Kier molecular flexibility index (Phi) is 7.72. The van der Waals surface area contributed by atoms with Crippen LogP contribution in [0.4, 0.5) is 14.5 Å². The van der Waals surface area contributed by atoms with Crippen molar-refractivity contribution in [2.75, 3.05) is 24.7 Å². The van der Waals surface area contributed by atoms with Gasteiger partial charge in [-0.3, -0.25) is 9.10 Å². The summed E-state index contributed by atoms with van der Waals surface area (Å²) in [6.45, 7) is 5.41. The van der Waals surface area contributed by atoms with Gasteiger partial charge in [-0.25, -0.2) is 27.2 Å². The van der Waals surface area contributed by atoms with Gasteiger partial charge in [-0.15, -0.1) is 0 Å². The number of carbonyl (C=O) groups excluding carboxylic acids is 1. The van der Waals surface area contributed by atoms with Crippen LogP contribution in [0, 0.1) is 11.6 Å². The van der Waals surface area contributed by atoms with E-state index < -0.39 is 27.6 Å². The molecule has 2 N–H and O–H groups in total. The standard InChI is InChI=1S/C31H27F2N5O4S/c1-6-23(25-15-19-22(33)8-7-9-24(19)36-25)37-30(34-2)20-14-21-27(16-26(20)38(4)43(5,40)41)42-29(28(21)31(39)35-3)17-10-12-18(32)13-11-17/h6-16,36H,2H2,1,3-5H3,(H,35,39)/b23-6-,37-30-. The van der Waals surface area contributed by atoms with Gasteiger partial charge in [0.15, 0.2) is 5.84 Å². The molecule has 0 saturated carbocycles. The number of halogens is 2. The zero-order valence-corrected chi connectivity index (χ0v) is 24.5. The van der Waals surface area contributed by atoms with Crippen molar-refractivity contribution >= 4 is 61.7 Å². The molecule has 1 amide bonds. The van der Waals surface area contributed by atoms with Crippen molar-refractivity contribution in [1.82, 2.24) is 10.3 Å². The summed E-state index contributed by atoms with van der Waals surface area (Å²) >= 11 is 0. The summed E-state index contributed by atoms with van der Waals surface area (Å²) in [5.74, 6) is -1.14. The molecule has 0 atom stereocenters. The molecule has 12 heteroatoms. The van der Waals surface area contributed by atoms with Crippen molar-refractivity contribution in [3.63, 3.8) is 0 Å². The molecule has 9 nitrogen and oxygen atoms in total. The zero-order valence-electron chi connectivity index (χ0n) is 23.7. The minimum absolute atomic E-state index is 0.0343. The SMILES string of the molecule is C=N/C(=N\C(=C/C)c1cc2c(F)cccc2[nH]1)c1cc2c(C(=O)NC)c(-c3ccc(F)cc3)oc2cc1N(C)S(C)(=O)=O. The number of amides is 1. The van der Waals surface area contributed by atoms with Crippen molar-refractivity contribution in [3.05, 3.63) is 95.2 Å². The molecule has 5 rings (SSSR count). The molecule has 0 bridgehead atoms. The van der Waals surface area contributed by atoms with Crippen LogP contribution in [-0.2, 0) is 10.0 Å². The number of H-pyrrole nitrogens is 1. The fourth-order valence-electron chi connectivity index (χ4n) is 4.74. The molecule has 5 aromatic rings. The number of hydrogen-bond donors (Lipinski definition) is 2.